The number of hydrogen-bond acceptors (Lipinski definition) is 6. The molecular weight excluding hydrogens is 424 g/mol. The minimum atomic E-state index is -0.467. The second-order valence-corrected chi connectivity index (χ2v) is 10.5. The van der Waals surface area contributed by atoms with Gasteiger partial charge >= 0.3 is 6.09 Å². The number of hydrogen-bond donors (Lipinski definition) is 0. The second-order valence-electron chi connectivity index (χ2n) is 9.58. The number of amides is 1. The minimum Gasteiger partial charge on any atom is -0.444 e. The molecule has 1 fully saturated rings. The van der Waals surface area contributed by atoms with Crippen LogP contribution in [0.15, 0.2) is 24.5 Å². The molecular formula is C23H28N6O2S. The quantitative estimate of drug-likeness (QED) is 0.438. The Morgan fingerprint density at radius 2 is 1.91 bits per heavy atom. The first-order valence-electron chi connectivity index (χ1n) is 10.9. The Morgan fingerprint density at radius 1 is 1.16 bits per heavy atom. The average molecular weight is 453 g/mol. The van der Waals surface area contributed by atoms with Crippen molar-refractivity contribution < 1.29 is 9.53 Å². The summed E-state index contributed by atoms with van der Waals surface area (Å²) >= 11 is 1.60. The van der Waals surface area contributed by atoms with Gasteiger partial charge < -0.3 is 9.64 Å². The zero-order valence-electron chi connectivity index (χ0n) is 19.1. The van der Waals surface area contributed by atoms with E-state index < -0.39 is 5.60 Å². The monoisotopic (exact) mass is 452 g/mol. The summed E-state index contributed by atoms with van der Waals surface area (Å²) < 4.78 is 9.23. The highest BCUT2D eigenvalue weighted by Gasteiger charge is 2.29. The van der Waals surface area contributed by atoms with Crippen LogP contribution in [0.1, 0.15) is 50.8 Å². The smallest absolute Gasteiger partial charge is 0.410 e. The highest BCUT2D eigenvalue weighted by atomic mass is 32.1. The van der Waals surface area contributed by atoms with Gasteiger partial charge in [0.25, 0.3) is 0 Å². The third-order valence-corrected chi connectivity index (χ3v) is 6.76. The number of carbonyl (C=O) groups is 1. The Kier molecular flexibility index (Phi) is 4.96. The molecule has 168 valence electrons. The molecule has 0 radical (unpaired) electrons. The Balaban J connectivity index is 1.31. The SMILES string of the molecule is Cc1cc(-c2nn3cc(C4CCN(C(=O)OC(C)(C)C)CC4)nc3s2)cc2cn(C)nc12. The highest BCUT2D eigenvalue weighted by molar-refractivity contribution is 7.19. The lowest BCUT2D eigenvalue weighted by molar-refractivity contribution is 0.0204. The number of piperidine rings is 1. The number of aromatic nitrogens is 5. The molecule has 1 amide bonds. The van der Waals surface area contributed by atoms with E-state index in [1.54, 1.807) is 16.2 Å². The van der Waals surface area contributed by atoms with Gasteiger partial charge in [-0.3, -0.25) is 4.68 Å². The zero-order chi connectivity index (χ0) is 22.6. The van der Waals surface area contributed by atoms with E-state index in [0.717, 1.165) is 50.5 Å². The van der Waals surface area contributed by atoms with Gasteiger partial charge in [0.05, 0.1) is 17.4 Å². The van der Waals surface area contributed by atoms with Crippen molar-refractivity contribution in [2.24, 2.45) is 7.05 Å². The maximum atomic E-state index is 12.3. The van der Waals surface area contributed by atoms with Crippen molar-refractivity contribution >= 4 is 33.3 Å². The number of aryl methyl sites for hydroxylation is 2. The molecule has 4 heterocycles. The molecule has 9 heteroatoms. The molecule has 4 aromatic rings. The molecule has 8 nitrogen and oxygen atoms in total. The van der Waals surface area contributed by atoms with E-state index in [2.05, 4.69) is 24.2 Å². The summed E-state index contributed by atoms with van der Waals surface area (Å²) in [6.07, 6.45) is 5.61. The molecule has 0 N–H and O–H groups in total. The van der Waals surface area contributed by atoms with Crippen molar-refractivity contribution in [2.45, 2.75) is 52.1 Å². The lowest BCUT2D eigenvalue weighted by Crippen LogP contribution is -2.41. The van der Waals surface area contributed by atoms with Crippen molar-refractivity contribution in [2.75, 3.05) is 13.1 Å². The Hall–Kier alpha value is -2.94. The molecule has 0 aliphatic carbocycles. The number of fused-ring (bicyclic) bond motifs is 2. The van der Waals surface area contributed by atoms with Crippen LogP contribution in [0.2, 0.25) is 0 Å². The van der Waals surface area contributed by atoms with Gasteiger partial charge in [-0.1, -0.05) is 11.3 Å². The van der Waals surface area contributed by atoms with E-state index in [4.69, 9.17) is 14.8 Å². The van der Waals surface area contributed by atoms with Crippen LogP contribution in [0.25, 0.3) is 26.4 Å². The molecule has 1 saturated heterocycles. The topological polar surface area (TPSA) is 77.5 Å². The Morgan fingerprint density at radius 3 is 2.59 bits per heavy atom. The first-order valence-corrected chi connectivity index (χ1v) is 11.8. The van der Waals surface area contributed by atoms with Gasteiger partial charge in [0, 0.05) is 43.2 Å². The molecule has 0 unspecified atom stereocenters. The van der Waals surface area contributed by atoms with E-state index in [9.17, 15) is 4.79 Å². The number of nitrogens with zero attached hydrogens (tertiary/aromatic N) is 6. The van der Waals surface area contributed by atoms with Crippen LogP contribution in [0, 0.1) is 6.92 Å². The predicted octanol–water partition coefficient (Wildman–Crippen LogP) is 4.77. The summed E-state index contributed by atoms with van der Waals surface area (Å²) in [6.45, 7) is 9.15. The summed E-state index contributed by atoms with van der Waals surface area (Å²) in [5, 5.41) is 11.4. The number of likely N-dealkylation sites (tertiary alicyclic amines) is 1. The lowest BCUT2D eigenvalue weighted by atomic mass is 9.94. The summed E-state index contributed by atoms with van der Waals surface area (Å²) in [4.78, 5) is 19.9. The number of carbonyl (C=O) groups excluding carboxylic acids is 1. The highest BCUT2D eigenvalue weighted by Crippen LogP contribution is 2.33. The van der Waals surface area contributed by atoms with E-state index >= 15 is 0 Å². The van der Waals surface area contributed by atoms with E-state index in [0.29, 0.717) is 19.0 Å². The number of ether oxygens (including phenoxy) is 1. The van der Waals surface area contributed by atoms with Crippen LogP contribution in [0.5, 0.6) is 0 Å². The molecule has 0 saturated carbocycles. The van der Waals surface area contributed by atoms with Gasteiger partial charge in [-0.05, 0) is 58.2 Å². The van der Waals surface area contributed by atoms with Crippen LogP contribution in [0.4, 0.5) is 4.79 Å². The summed E-state index contributed by atoms with van der Waals surface area (Å²) in [5.41, 5.74) is 3.84. The molecule has 0 bridgehead atoms. The number of rotatable bonds is 2. The van der Waals surface area contributed by atoms with Gasteiger partial charge in [0.2, 0.25) is 4.96 Å². The van der Waals surface area contributed by atoms with Crippen LogP contribution in [0.3, 0.4) is 0 Å². The fraction of sp³-hybridized carbons (Fsp3) is 0.478. The minimum absolute atomic E-state index is 0.228. The largest absolute Gasteiger partial charge is 0.444 e. The standard InChI is InChI=1S/C23H28N6O2S/c1-14-10-16(11-17-12-27(5)25-19(14)17)20-26-29-13-18(24-21(29)32-20)15-6-8-28(9-7-15)22(30)31-23(2,3)4/h10-13,15H,6-9H2,1-5H3. The zero-order valence-corrected chi connectivity index (χ0v) is 19.9. The molecule has 3 aromatic heterocycles. The molecule has 1 aliphatic rings. The van der Waals surface area contributed by atoms with Crippen LogP contribution in [-0.4, -0.2) is 54.1 Å². The number of benzene rings is 1. The van der Waals surface area contributed by atoms with Crippen molar-refractivity contribution in [1.29, 1.82) is 0 Å². The van der Waals surface area contributed by atoms with Crippen molar-refractivity contribution in [3.8, 4) is 10.6 Å². The lowest BCUT2D eigenvalue weighted by Gasteiger charge is -2.32. The van der Waals surface area contributed by atoms with Gasteiger partial charge in [-0.2, -0.15) is 10.2 Å². The predicted molar refractivity (Wildman–Crippen MR) is 125 cm³/mol. The molecule has 0 atom stereocenters. The molecule has 5 rings (SSSR count). The Labute approximate surface area is 190 Å². The Bertz CT molecular complexity index is 1270. The second kappa shape index (κ2) is 7.58. The fourth-order valence-electron chi connectivity index (χ4n) is 4.27. The van der Waals surface area contributed by atoms with Crippen molar-refractivity contribution in [3.05, 3.63) is 35.8 Å². The van der Waals surface area contributed by atoms with E-state index in [-0.39, 0.29) is 6.09 Å². The van der Waals surface area contributed by atoms with Crippen LogP contribution >= 0.6 is 11.3 Å². The normalized spacial score (nSPS) is 15.7. The van der Waals surface area contributed by atoms with Crippen molar-refractivity contribution in [3.63, 3.8) is 0 Å². The number of imidazole rings is 1. The van der Waals surface area contributed by atoms with E-state index in [1.165, 1.54) is 0 Å². The van der Waals surface area contributed by atoms with Crippen LogP contribution < -0.4 is 0 Å². The first kappa shape index (κ1) is 20.9. The molecule has 0 spiro atoms. The van der Waals surface area contributed by atoms with E-state index in [1.807, 2.05) is 49.4 Å². The van der Waals surface area contributed by atoms with Gasteiger partial charge in [0.15, 0.2) is 0 Å². The third-order valence-electron chi connectivity index (χ3n) is 5.79. The summed E-state index contributed by atoms with van der Waals surface area (Å²) in [5.74, 6) is 0.333. The van der Waals surface area contributed by atoms with Crippen LogP contribution in [-0.2, 0) is 11.8 Å². The third kappa shape index (κ3) is 3.97. The molecule has 1 aromatic carbocycles. The van der Waals surface area contributed by atoms with Gasteiger partial charge in [0.1, 0.15) is 10.6 Å². The van der Waals surface area contributed by atoms with Crippen molar-refractivity contribution in [1.82, 2.24) is 29.3 Å². The summed E-state index contributed by atoms with van der Waals surface area (Å²) in [7, 11) is 1.94. The summed E-state index contributed by atoms with van der Waals surface area (Å²) in [6, 6.07) is 4.28. The fourth-order valence-corrected chi connectivity index (χ4v) is 5.14. The maximum absolute atomic E-state index is 12.3. The van der Waals surface area contributed by atoms with Gasteiger partial charge in [-0.25, -0.2) is 14.3 Å². The molecule has 1 aliphatic heterocycles. The van der Waals surface area contributed by atoms with Gasteiger partial charge in [-0.15, -0.1) is 0 Å². The molecule has 32 heavy (non-hydrogen) atoms. The first-order chi connectivity index (χ1) is 15.2. The maximum Gasteiger partial charge on any atom is 0.410 e. The average Bonchev–Trinajstić information content (AvgIpc) is 3.39.